The van der Waals surface area contributed by atoms with Crippen LogP contribution in [0.2, 0.25) is 0 Å². The highest BCUT2D eigenvalue weighted by atomic mass is 16.4. The molecule has 1 aliphatic rings. The van der Waals surface area contributed by atoms with Crippen LogP contribution in [0.15, 0.2) is 18.2 Å². The van der Waals surface area contributed by atoms with Gasteiger partial charge >= 0.3 is 5.97 Å². The molecule has 2 rings (SSSR count). The summed E-state index contributed by atoms with van der Waals surface area (Å²) in [5.74, 6) is -0.639. The van der Waals surface area contributed by atoms with E-state index in [2.05, 4.69) is 13.8 Å². The molecule has 108 valence electrons. The number of carboxylic acids is 1. The molecule has 4 heteroatoms. The molecular weight excluding hydrogens is 254 g/mol. The van der Waals surface area contributed by atoms with Crippen molar-refractivity contribution in [2.45, 2.75) is 39.7 Å². The van der Waals surface area contributed by atoms with Crippen molar-refractivity contribution < 1.29 is 14.7 Å². The molecule has 4 nitrogen and oxygen atoms in total. The van der Waals surface area contributed by atoms with E-state index < -0.39 is 5.97 Å². The number of carbonyl (C=O) groups excluding carboxylic acids is 1. The number of nitrogens with zero attached hydrogens (tertiary/aromatic N) is 1. The summed E-state index contributed by atoms with van der Waals surface area (Å²) in [6, 6.07) is 5.17. The van der Waals surface area contributed by atoms with Crippen molar-refractivity contribution in [3.63, 3.8) is 0 Å². The fraction of sp³-hybridized carbons (Fsp3) is 0.500. The van der Waals surface area contributed by atoms with E-state index in [0.717, 1.165) is 24.9 Å². The van der Waals surface area contributed by atoms with Gasteiger partial charge in [0.1, 0.15) is 0 Å². The van der Waals surface area contributed by atoms with E-state index in [1.165, 1.54) is 6.07 Å². The van der Waals surface area contributed by atoms with Crippen LogP contribution >= 0.6 is 0 Å². The summed E-state index contributed by atoms with van der Waals surface area (Å²) in [5, 5.41) is 9.10. The van der Waals surface area contributed by atoms with Gasteiger partial charge < -0.3 is 10.0 Å². The quantitative estimate of drug-likeness (QED) is 0.898. The highest BCUT2D eigenvalue weighted by Gasteiger charge is 2.33. The summed E-state index contributed by atoms with van der Waals surface area (Å²) in [4.78, 5) is 25.6. The Bertz CT molecular complexity index is 533. The van der Waals surface area contributed by atoms with E-state index in [4.69, 9.17) is 5.11 Å². The summed E-state index contributed by atoms with van der Waals surface area (Å²) in [5.41, 5.74) is 1.46. The number of rotatable bonds is 5. The van der Waals surface area contributed by atoms with E-state index in [-0.39, 0.29) is 11.5 Å². The predicted octanol–water partition coefficient (Wildman–Crippen LogP) is 2.95. The van der Waals surface area contributed by atoms with Crippen LogP contribution in [0.3, 0.4) is 0 Å². The van der Waals surface area contributed by atoms with Crippen LogP contribution in [0.25, 0.3) is 0 Å². The molecule has 0 atom stereocenters. The van der Waals surface area contributed by atoms with Gasteiger partial charge in [0.15, 0.2) is 0 Å². The molecule has 1 aromatic rings. The van der Waals surface area contributed by atoms with E-state index in [9.17, 15) is 9.59 Å². The lowest BCUT2D eigenvalue weighted by Crippen LogP contribution is -2.36. The summed E-state index contributed by atoms with van der Waals surface area (Å²) >= 11 is 0. The Hall–Kier alpha value is -1.84. The Morgan fingerprint density at radius 1 is 1.25 bits per heavy atom. The Balaban J connectivity index is 2.28. The predicted molar refractivity (Wildman–Crippen MR) is 77.0 cm³/mol. The molecule has 0 aliphatic heterocycles. The second kappa shape index (κ2) is 5.65. The third-order valence-electron chi connectivity index (χ3n) is 3.38. The van der Waals surface area contributed by atoms with E-state index in [1.807, 2.05) is 11.8 Å². The van der Waals surface area contributed by atoms with Crippen LogP contribution in [0, 0.1) is 12.8 Å². The molecule has 0 radical (unpaired) electrons. The zero-order valence-corrected chi connectivity index (χ0v) is 12.2. The zero-order chi connectivity index (χ0) is 14.9. The van der Waals surface area contributed by atoms with Gasteiger partial charge in [-0.15, -0.1) is 0 Å². The number of amides is 1. The first-order valence-electron chi connectivity index (χ1n) is 7.04. The second-order valence-corrected chi connectivity index (χ2v) is 5.98. The smallest absolute Gasteiger partial charge is 0.335 e. The van der Waals surface area contributed by atoms with Gasteiger partial charge in [-0.2, -0.15) is 0 Å². The molecule has 1 aliphatic carbocycles. The number of benzene rings is 1. The van der Waals surface area contributed by atoms with Gasteiger partial charge in [0.05, 0.1) is 5.56 Å². The zero-order valence-electron chi connectivity index (χ0n) is 12.2. The first-order chi connectivity index (χ1) is 9.38. The molecule has 0 unspecified atom stereocenters. The maximum absolute atomic E-state index is 12.6. The first kappa shape index (κ1) is 14.6. The van der Waals surface area contributed by atoms with Gasteiger partial charge in [0.2, 0.25) is 0 Å². The fourth-order valence-corrected chi connectivity index (χ4v) is 2.37. The van der Waals surface area contributed by atoms with Crippen LogP contribution in [0.4, 0.5) is 0 Å². The van der Waals surface area contributed by atoms with Crippen LogP contribution in [-0.2, 0) is 0 Å². The molecular formula is C16H21NO3. The maximum atomic E-state index is 12.6. The van der Waals surface area contributed by atoms with Gasteiger partial charge in [0, 0.05) is 18.2 Å². The normalized spacial score (nSPS) is 14.4. The Morgan fingerprint density at radius 3 is 2.35 bits per heavy atom. The summed E-state index contributed by atoms with van der Waals surface area (Å²) in [6.07, 6.45) is 2.10. The van der Waals surface area contributed by atoms with Gasteiger partial charge in [-0.3, -0.25) is 4.79 Å². The van der Waals surface area contributed by atoms with Crippen LogP contribution in [-0.4, -0.2) is 34.5 Å². The Morgan fingerprint density at radius 2 is 1.85 bits per heavy atom. The molecule has 0 bridgehead atoms. The van der Waals surface area contributed by atoms with E-state index in [0.29, 0.717) is 17.5 Å². The van der Waals surface area contributed by atoms with E-state index in [1.54, 1.807) is 12.1 Å². The fourth-order valence-electron chi connectivity index (χ4n) is 2.37. The van der Waals surface area contributed by atoms with Gasteiger partial charge in [-0.05, 0) is 49.4 Å². The van der Waals surface area contributed by atoms with Crippen molar-refractivity contribution in [3.05, 3.63) is 34.9 Å². The number of hydrogen-bond acceptors (Lipinski definition) is 2. The molecule has 0 aromatic heterocycles. The molecule has 20 heavy (non-hydrogen) atoms. The molecule has 1 saturated carbocycles. The molecule has 1 amide bonds. The van der Waals surface area contributed by atoms with Crippen LogP contribution < -0.4 is 0 Å². The molecule has 1 aromatic carbocycles. The molecule has 0 saturated heterocycles. The molecule has 0 heterocycles. The van der Waals surface area contributed by atoms with Crippen molar-refractivity contribution >= 4 is 11.9 Å². The van der Waals surface area contributed by atoms with Gasteiger partial charge in [0.25, 0.3) is 5.91 Å². The third kappa shape index (κ3) is 3.38. The van der Waals surface area contributed by atoms with Crippen molar-refractivity contribution in [2.24, 2.45) is 5.92 Å². The minimum atomic E-state index is -0.996. The van der Waals surface area contributed by atoms with Crippen molar-refractivity contribution in [1.82, 2.24) is 4.90 Å². The molecule has 1 N–H and O–H groups in total. The Labute approximate surface area is 119 Å². The Kier molecular flexibility index (Phi) is 4.12. The van der Waals surface area contributed by atoms with Gasteiger partial charge in [-0.25, -0.2) is 4.79 Å². The lowest BCUT2D eigenvalue weighted by molar-refractivity contribution is 0.0696. The minimum absolute atomic E-state index is 0.0487. The van der Waals surface area contributed by atoms with Crippen molar-refractivity contribution in [2.75, 3.05) is 6.54 Å². The standard InChI is InChI=1S/C16H21NO3/c1-10(2)9-17(14-4-5-14)15(18)12-6-11(3)7-13(8-12)16(19)20/h6-8,10,14H,4-5,9H2,1-3H3,(H,19,20). The highest BCUT2D eigenvalue weighted by molar-refractivity contribution is 5.98. The number of hydrogen-bond donors (Lipinski definition) is 1. The highest BCUT2D eigenvalue weighted by Crippen LogP contribution is 2.29. The first-order valence-corrected chi connectivity index (χ1v) is 7.04. The summed E-state index contributed by atoms with van der Waals surface area (Å²) < 4.78 is 0. The number of carboxylic acid groups (broad SMARTS) is 1. The topological polar surface area (TPSA) is 57.6 Å². The number of aryl methyl sites for hydroxylation is 1. The van der Waals surface area contributed by atoms with Crippen LogP contribution in [0.1, 0.15) is 53.0 Å². The number of aromatic carboxylic acids is 1. The van der Waals surface area contributed by atoms with Crippen molar-refractivity contribution in [3.8, 4) is 0 Å². The summed E-state index contributed by atoms with van der Waals surface area (Å²) in [7, 11) is 0. The van der Waals surface area contributed by atoms with E-state index >= 15 is 0 Å². The third-order valence-corrected chi connectivity index (χ3v) is 3.38. The SMILES string of the molecule is Cc1cc(C(=O)O)cc(C(=O)N(CC(C)C)C2CC2)c1. The number of carbonyl (C=O) groups is 2. The average molecular weight is 275 g/mol. The molecule has 0 spiro atoms. The monoisotopic (exact) mass is 275 g/mol. The lowest BCUT2D eigenvalue weighted by Gasteiger charge is -2.24. The largest absolute Gasteiger partial charge is 0.478 e. The maximum Gasteiger partial charge on any atom is 0.335 e. The second-order valence-electron chi connectivity index (χ2n) is 5.98. The lowest BCUT2D eigenvalue weighted by atomic mass is 10.0. The average Bonchev–Trinajstić information content (AvgIpc) is 3.18. The molecule has 1 fully saturated rings. The summed E-state index contributed by atoms with van der Waals surface area (Å²) in [6.45, 7) is 6.70. The van der Waals surface area contributed by atoms with Gasteiger partial charge in [-0.1, -0.05) is 13.8 Å². The minimum Gasteiger partial charge on any atom is -0.478 e. The van der Waals surface area contributed by atoms with Crippen molar-refractivity contribution in [1.29, 1.82) is 0 Å². The van der Waals surface area contributed by atoms with Crippen LogP contribution in [0.5, 0.6) is 0 Å².